The summed E-state index contributed by atoms with van der Waals surface area (Å²) >= 11 is 0. The average Bonchev–Trinajstić information content (AvgIpc) is 2.55. The number of piperazine rings is 1. The van der Waals surface area contributed by atoms with E-state index in [1.165, 1.54) is 50.1 Å². The van der Waals surface area contributed by atoms with Gasteiger partial charge in [-0.15, -0.1) is 0 Å². The summed E-state index contributed by atoms with van der Waals surface area (Å²) in [4.78, 5) is 5.02. The molecule has 0 amide bonds. The van der Waals surface area contributed by atoms with Crippen LogP contribution in [0.3, 0.4) is 0 Å². The number of anilines is 1. The van der Waals surface area contributed by atoms with Crippen molar-refractivity contribution in [2.24, 2.45) is 0 Å². The molecule has 1 aliphatic heterocycles. The van der Waals surface area contributed by atoms with E-state index < -0.39 is 0 Å². The van der Waals surface area contributed by atoms with Crippen LogP contribution in [0.5, 0.6) is 0 Å². The van der Waals surface area contributed by atoms with E-state index in [1.807, 2.05) is 0 Å². The minimum Gasteiger partial charge on any atom is -0.369 e. The fourth-order valence-electron chi connectivity index (χ4n) is 2.88. The largest absolute Gasteiger partial charge is 0.369 e. The molecule has 1 N–H and O–H groups in total. The van der Waals surface area contributed by atoms with E-state index in [1.54, 1.807) is 0 Å². The Morgan fingerprint density at radius 3 is 2.29 bits per heavy atom. The van der Waals surface area contributed by atoms with Gasteiger partial charge in [0.1, 0.15) is 0 Å². The van der Waals surface area contributed by atoms with E-state index in [2.05, 4.69) is 53.2 Å². The smallest absolute Gasteiger partial charge is 0.0367 e. The second kappa shape index (κ2) is 9.06. The van der Waals surface area contributed by atoms with Crippen LogP contribution in [0.4, 0.5) is 5.69 Å². The molecule has 0 radical (unpaired) electrons. The van der Waals surface area contributed by atoms with E-state index in [4.69, 9.17) is 0 Å². The predicted molar refractivity (Wildman–Crippen MR) is 92.0 cm³/mol. The van der Waals surface area contributed by atoms with Gasteiger partial charge in [-0.3, -0.25) is 0 Å². The van der Waals surface area contributed by atoms with Crippen molar-refractivity contribution >= 4 is 5.69 Å². The minimum atomic E-state index is 0.994. The number of nitrogens with zero attached hydrogens (tertiary/aromatic N) is 2. The van der Waals surface area contributed by atoms with E-state index in [0.29, 0.717) is 0 Å². The third-order valence-electron chi connectivity index (χ3n) is 4.41. The molecule has 0 unspecified atom stereocenters. The molecule has 0 bridgehead atoms. The number of hydrogen-bond acceptors (Lipinski definition) is 3. The fourth-order valence-corrected chi connectivity index (χ4v) is 2.88. The maximum Gasteiger partial charge on any atom is 0.0367 e. The summed E-state index contributed by atoms with van der Waals surface area (Å²) in [6.07, 6.45) is 3.91. The van der Waals surface area contributed by atoms with Crippen LogP contribution in [0, 0.1) is 0 Å². The zero-order chi connectivity index (χ0) is 14.9. The van der Waals surface area contributed by atoms with Crippen LogP contribution >= 0.6 is 0 Å². The van der Waals surface area contributed by atoms with Crippen LogP contribution in [0.15, 0.2) is 24.3 Å². The van der Waals surface area contributed by atoms with Gasteiger partial charge < -0.3 is 15.1 Å². The molecule has 1 aromatic rings. The van der Waals surface area contributed by atoms with Crippen molar-refractivity contribution < 1.29 is 0 Å². The number of hydrogen-bond donors (Lipinski definition) is 1. The molecule has 1 fully saturated rings. The summed E-state index contributed by atoms with van der Waals surface area (Å²) in [5.74, 6) is 0. The Hall–Kier alpha value is -1.06. The van der Waals surface area contributed by atoms with Gasteiger partial charge in [-0.05, 0) is 37.2 Å². The van der Waals surface area contributed by atoms with Gasteiger partial charge in [0.25, 0.3) is 0 Å². The van der Waals surface area contributed by atoms with Gasteiger partial charge in [0.05, 0.1) is 0 Å². The van der Waals surface area contributed by atoms with Gasteiger partial charge in [0, 0.05) is 38.4 Å². The molecule has 118 valence electrons. The summed E-state index contributed by atoms with van der Waals surface area (Å²) in [5.41, 5.74) is 2.77. The zero-order valence-electron chi connectivity index (χ0n) is 13.8. The Kier molecular flexibility index (Phi) is 7.04. The predicted octanol–water partition coefficient (Wildman–Crippen LogP) is 3.11. The maximum absolute atomic E-state index is 3.53. The van der Waals surface area contributed by atoms with Crippen molar-refractivity contribution in [1.82, 2.24) is 10.2 Å². The average molecular weight is 289 g/mol. The highest BCUT2D eigenvalue weighted by Crippen LogP contribution is 2.17. The molecule has 3 nitrogen and oxygen atoms in total. The quantitative estimate of drug-likeness (QED) is 0.742. The monoisotopic (exact) mass is 289 g/mol. The van der Waals surface area contributed by atoms with Crippen molar-refractivity contribution in [3.8, 4) is 0 Å². The van der Waals surface area contributed by atoms with Crippen LogP contribution in [-0.4, -0.2) is 44.2 Å². The Bertz CT molecular complexity index is 380. The Labute approximate surface area is 130 Å². The van der Waals surface area contributed by atoms with E-state index >= 15 is 0 Å². The number of likely N-dealkylation sites (N-methyl/N-ethyl adjacent to an activating group) is 1. The Morgan fingerprint density at radius 2 is 1.67 bits per heavy atom. The fraction of sp³-hybridized carbons (Fsp3) is 0.667. The lowest BCUT2D eigenvalue weighted by atomic mass is 10.1. The van der Waals surface area contributed by atoms with Crippen molar-refractivity contribution in [1.29, 1.82) is 0 Å². The molecular formula is C18H31N3. The molecule has 3 heteroatoms. The number of unbranched alkanes of at least 4 members (excludes halogenated alkanes) is 2. The second-order valence-corrected chi connectivity index (χ2v) is 5.97. The number of benzene rings is 1. The number of nitrogens with one attached hydrogen (secondary N) is 1. The molecule has 2 rings (SSSR count). The van der Waals surface area contributed by atoms with Gasteiger partial charge in [-0.25, -0.2) is 0 Å². The molecule has 0 atom stereocenters. The highest BCUT2D eigenvalue weighted by atomic mass is 15.3. The Balaban J connectivity index is 1.74. The molecule has 0 saturated carbocycles. The molecule has 1 heterocycles. The lowest BCUT2D eigenvalue weighted by Crippen LogP contribution is -2.46. The van der Waals surface area contributed by atoms with E-state index in [0.717, 1.165) is 26.2 Å². The zero-order valence-corrected chi connectivity index (χ0v) is 13.8. The number of rotatable bonds is 8. The first kappa shape index (κ1) is 16.3. The van der Waals surface area contributed by atoms with Gasteiger partial charge in [0.15, 0.2) is 0 Å². The second-order valence-electron chi connectivity index (χ2n) is 5.97. The van der Waals surface area contributed by atoms with Crippen molar-refractivity contribution in [3.63, 3.8) is 0 Å². The van der Waals surface area contributed by atoms with Gasteiger partial charge in [-0.2, -0.15) is 0 Å². The van der Waals surface area contributed by atoms with Gasteiger partial charge in [0.2, 0.25) is 0 Å². The molecule has 0 spiro atoms. The molecule has 1 aliphatic rings. The van der Waals surface area contributed by atoms with Crippen LogP contribution in [-0.2, 0) is 6.54 Å². The maximum atomic E-state index is 3.53. The summed E-state index contributed by atoms with van der Waals surface area (Å²) in [7, 11) is 0. The van der Waals surface area contributed by atoms with Crippen molar-refractivity contribution in [2.75, 3.05) is 44.2 Å². The molecule has 1 saturated heterocycles. The highest BCUT2D eigenvalue weighted by molar-refractivity contribution is 5.48. The first-order valence-corrected chi connectivity index (χ1v) is 8.60. The highest BCUT2D eigenvalue weighted by Gasteiger charge is 2.15. The third-order valence-corrected chi connectivity index (χ3v) is 4.41. The molecule has 0 aromatic heterocycles. The molecular weight excluding hydrogens is 258 g/mol. The van der Waals surface area contributed by atoms with E-state index in [9.17, 15) is 0 Å². The SMILES string of the molecule is CCCCCNCc1ccc(N2CCN(CC)CC2)cc1. The topological polar surface area (TPSA) is 18.5 Å². The Morgan fingerprint density at radius 1 is 0.952 bits per heavy atom. The first-order chi connectivity index (χ1) is 10.3. The summed E-state index contributed by atoms with van der Waals surface area (Å²) in [6, 6.07) is 9.11. The van der Waals surface area contributed by atoms with Crippen LogP contribution in [0.2, 0.25) is 0 Å². The van der Waals surface area contributed by atoms with Crippen molar-refractivity contribution in [2.45, 2.75) is 39.7 Å². The molecule has 0 aliphatic carbocycles. The summed E-state index contributed by atoms with van der Waals surface area (Å²) < 4.78 is 0. The van der Waals surface area contributed by atoms with Gasteiger partial charge in [-0.1, -0.05) is 38.8 Å². The summed E-state index contributed by atoms with van der Waals surface area (Å²) in [5, 5.41) is 3.53. The third kappa shape index (κ3) is 5.33. The van der Waals surface area contributed by atoms with Crippen LogP contribution in [0.25, 0.3) is 0 Å². The normalized spacial score (nSPS) is 16.4. The lowest BCUT2D eigenvalue weighted by molar-refractivity contribution is 0.271. The van der Waals surface area contributed by atoms with E-state index in [-0.39, 0.29) is 0 Å². The standard InChI is InChI=1S/C18H31N3/c1-3-5-6-11-19-16-17-7-9-18(10-8-17)21-14-12-20(4-2)13-15-21/h7-10,19H,3-6,11-16H2,1-2H3. The molecule has 21 heavy (non-hydrogen) atoms. The molecule has 1 aromatic carbocycles. The van der Waals surface area contributed by atoms with Crippen LogP contribution < -0.4 is 10.2 Å². The minimum absolute atomic E-state index is 0.994. The van der Waals surface area contributed by atoms with Crippen molar-refractivity contribution in [3.05, 3.63) is 29.8 Å². The summed E-state index contributed by atoms with van der Waals surface area (Å²) in [6.45, 7) is 12.5. The van der Waals surface area contributed by atoms with Gasteiger partial charge >= 0.3 is 0 Å². The van der Waals surface area contributed by atoms with Crippen LogP contribution in [0.1, 0.15) is 38.7 Å². The first-order valence-electron chi connectivity index (χ1n) is 8.60. The lowest BCUT2D eigenvalue weighted by Gasteiger charge is -2.35.